The first-order valence-electron chi connectivity index (χ1n) is 14.4. The average Bonchev–Trinajstić information content (AvgIpc) is 2.70. The molecule has 192 valence electrons. The third-order valence-corrected chi connectivity index (χ3v) is 11.0. The van der Waals surface area contributed by atoms with Gasteiger partial charge in [-0.05, 0) is 99.7 Å². The number of fused-ring (bicyclic) bond motifs is 3. The van der Waals surface area contributed by atoms with Crippen LogP contribution in [0.1, 0.15) is 132 Å². The van der Waals surface area contributed by atoms with Crippen LogP contribution in [0, 0.1) is 39.9 Å². The molecule has 0 aliphatic heterocycles. The third kappa shape index (κ3) is 5.58. The summed E-state index contributed by atoms with van der Waals surface area (Å²) in [4.78, 5) is 0. The fourth-order valence-corrected chi connectivity index (χ4v) is 8.60. The maximum atomic E-state index is 10.7. The van der Waals surface area contributed by atoms with Gasteiger partial charge in [0.2, 0.25) is 0 Å². The Bertz CT molecular complexity index is 686. The Hall–Kier alpha value is -0.340. The van der Waals surface area contributed by atoms with Gasteiger partial charge in [0.15, 0.2) is 0 Å². The molecule has 0 saturated heterocycles. The van der Waals surface area contributed by atoms with Crippen molar-refractivity contribution < 1.29 is 10.2 Å². The summed E-state index contributed by atoms with van der Waals surface area (Å²) in [6.07, 6.45) is 17.2. The van der Waals surface area contributed by atoms with Gasteiger partial charge in [0.05, 0.1) is 11.7 Å². The van der Waals surface area contributed by atoms with Crippen LogP contribution in [-0.2, 0) is 0 Å². The van der Waals surface area contributed by atoms with Gasteiger partial charge < -0.3 is 10.2 Å². The van der Waals surface area contributed by atoms with Gasteiger partial charge in [-0.2, -0.15) is 0 Å². The van der Waals surface area contributed by atoms with Crippen LogP contribution in [-0.4, -0.2) is 21.9 Å². The summed E-state index contributed by atoms with van der Waals surface area (Å²) in [6.45, 7) is 18.5. The first kappa shape index (κ1) is 27.3. The van der Waals surface area contributed by atoms with E-state index < -0.39 is 5.60 Å². The second-order valence-corrected chi connectivity index (χ2v) is 14.2. The third-order valence-electron chi connectivity index (χ3n) is 11.0. The number of aliphatic hydroxyl groups excluding tert-OH is 1. The molecule has 2 nitrogen and oxygen atoms in total. The molecule has 0 aromatic rings. The van der Waals surface area contributed by atoms with Crippen LogP contribution >= 0.6 is 0 Å². The lowest BCUT2D eigenvalue weighted by Crippen LogP contribution is -2.54. The van der Waals surface area contributed by atoms with Gasteiger partial charge in [0.1, 0.15) is 0 Å². The Morgan fingerprint density at radius 3 is 2.42 bits per heavy atom. The van der Waals surface area contributed by atoms with Gasteiger partial charge in [0.25, 0.3) is 0 Å². The molecular weight excluding hydrogens is 404 g/mol. The highest BCUT2D eigenvalue weighted by atomic mass is 16.3. The van der Waals surface area contributed by atoms with Gasteiger partial charge in [-0.15, -0.1) is 0 Å². The standard InChI is InChI=1S/C31H56O2/c1-9-23(22(2)12-10-18-28(3,4)33)17-21-30(7)19-11-20-31(8)25-14-16-27(32)29(5,6)24(25)13-15-26(30)31/h13,22-23,25-27,32-33H,9-12,14-21H2,1-8H3/t22-,23?,25?,26?,27+,30+,31+/m1/s1. The zero-order chi connectivity index (χ0) is 24.7. The summed E-state index contributed by atoms with van der Waals surface area (Å²) < 4.78 is 0. The molecule has 2 heteroatoms. The minimum Gasteiger partial charge on any atom is -0.392 e. The Balaban J connectivity index is 1.70. The van der Waals surface area contributed by atoms with Crippen molar-refractivity contribution >= 4 is 0 Å². The highest BCUT2D eigenvalue weighted by Gasteiger charge is 2.57. The van der Waals surface area contributed by atoms with E-state index in [0.717, 1.165) is 37.0 Å². The predicted octanol–water partition coefficient (Wildman–Crippen LogP) is 8.31. The van der Waals surface area contributed by atoms with E-state index in [0.29, 0.717) is 16.7 Å². The molecule has 3 aliphatic rings. The van der Waals surface area contributed by atoms with Gasteiger partial charge in [0, 0.05) is 5.41 Å². The number of rotatable bonds is 9. The van der Waals surface area contributed by atoms with E-state index in [1.165, 1.54) is 57.8 Å². The van der Waals surface area contributed by atoms with E-state index in [4.69, 9.17) is 0 Å². The topological polar surface area (TPSA) is 40.5 Å². The van der Waals surface area contributed by atoms with Crippen LogP contribution in [0.4, 0.5) is 0 Å². The smallest absolute Gasteiger partial charge is 0.0628 e. The van der Waals surface area contributed by atoms with Crippen LogP contribution < -0.4 is 0 Å². The monoisotopic (exact) mass is 460 g/mol. The fourth-order valence-electron chi connectivity index (χ4n) is 8.60. The largest absolute Gasteiger partial charge is 0.392 e. The highest BCUT2D eigenvalue weighted by molar-refractivity contribution is 5.28. The quantitative estimate of drug-likeness (QED) is 0.340. The summed E-state index contributed by atoms with van der Waals surface area (Å²) in [5.41, 5.74) is 1.83. The molecule has 3 rings (SSSR count). The summed E-state index contributed by atoms with van der Waals surface area (Å²) >= 11 is 0. The van der Waals surface area contributed by atoms with Gasteiger partial charge in [-0.3, -0.25) is 0 Å². The molecule has 2 N–H and O–H groups in total. The van der Waals surface area contributed by atoms with Gasteiger partial charge in [-0.1, -0.05) is 78.9 Å². The second kappa shape index (κ2) is 9.96. The first-order chi connectivity index (χ1) is 15.2. The molecule has 0 aromatic heterocycles. The van der Waals surface area contributed by atoms with Crippen molar-refractivity contribution in [1.29, 1.82) is 0 Å². The second-order valence-electron chi connectivity index (χ2n) is 14.2. The van der Waals surface area contributed by atoms with E-state index in [1.54, 1.807) is 5.57 Å². The molecule has 0 aromatic carbocycles. The van der Waals surface area contributed by atoms with Crippen molar-refractivity contribution in [1.82, 2.24) is 0 Å². The molecule has 0 heterocycles. The Morgan fingerprint density at radius 2 is 1.79 bits per heavy atom. The molecule has 2 saturated carbocycles. The lowest BCUT2D eigenvalue weighted by atomic mass is 9.43. The predicted molar refractivity (Wildman–Crippen MR) is 141 cm³/mol. The number of hydrogen-bond donors (Lipinski definition) is 2. The van der Waals surface area contributed by atoms with Crippen molar-refractivity contribution in [2.45, 2.75) is 144 Å². The molecule has 7 atom stereocenters. The zero-order valence-corrected chi connectivity index (χ0v) is 23.3. The fraction of sp³-hybridized carbons (Fsp3) is 0.935. The van der Waals surface area contributed by atoms with Crippen molar-refractivity contribution in [2.75, 3.05) is 0 Å². The molecule has 0 bridgehead atoms. The molecule has 3 aliphatic carbocycles. The number of hydrogen-bond acceptors (Lipinski definition) is 2. The molecule has 0 amide bonds. The molecule has 0 spiro atoms. The Kier molecular flexibility index (Phi) is 8.23. The Morgan fingerprint density at radius 1 is 1.09 bits per heavy atom. The van der Waals surface area contributed by atoms with E-state index in [1.807, 2.05) is 13.8 Å². The Labute approximate surface area is 206 Å². The van der Waals surface area contributed by atoms with Crippen LogP contribution in [0.3, 0.4) is 0 Å². The number of aliphatic hydroxyl groups is 2. The zero-order valence-electron chi connectivity index (χ0n) is 23.3. The van der Waals surface area contributed by atoms with E-state index in [-0.39, 0.29) is 11.5 Å². The van der Waals surface area contributed by atoms with Crippen LogP contribution in [0.2, 0.25) is 0 Å². The van der Waals surface area contributed by atoms with Crippen molar-refractivity contribution in [2.24, 2.45) is 39.9 Å². The van der Waals surface area contributed by atoms with Crippen molar-refractivity contribution in [3.63, 3.8) is 0 Å². The van der Waals surface area contributed by atoms with Crippen molar-refractivity contribution in [3.8, 4) is 0 Å². The SMILES string of the molecule is CCC(CC[C@]1(C)CCC[C@@]2(C)C3CC[C@H](O)C(C)(C)C3=CCC12)[C@H](C)CCCC(C)(C)O. The lowest BCUT2D eigenvalue weighted by Gasteiger charge is -2.61. The molecule has 2 fully saturated rings. The number of allylic oxidation sites excluding steroid dienone is 1. The first-order valence-corrected chi connectivity index (χ1v) is 14.4. The van der Waals surface area contributed by atoms with Crippen molar-refractivity contribution in [3.05, 3.63) is 11.6 Å². The van der Waals surface area contributed by atoms with Gasteiger partial charge >= 0.3 is 0 Å². The summed E-state index contributed by atoms with van der Waals surface area (Å²) in [5.74, 6) is 2.99. The highest BCUT2D eigenvalue weighted by Crippen LogP contribution is 2.65. The van der Waals surface area contributed by atoms with Crippen LogP contribution in [0.5, 0.6) is 0 Å². The van der Waals surface area contributed by atoms with E-state index >= 15 is 0 Å². The van der Waals surface area contributed by atoms with E-state index in [2.05, 4.69) is 47.6 Å². The van der Waals surface area contributed by atoms with Crippen LogP contribution in [0.25, 0.3) is 0 Å². The molecule has 3 unspecified atom stereocenters. The average molecular weight is 461 g/mol. The molecule has 33 heavy (non-hydrogen) atoms. The summed E-state index contributed by atoms with van der Waals surface area (Å²) in [5, 5.41) is 20.8. The lowest BCUT2D eigenvalue weighted by molar-refractivity contribution is -0.0835. The summed E-state index contributed by atoms with van der Waals surface area (Å²) in [6, 6.07) is 0. The maximum absolute atomic E-state index is 10.7. The molecular formula is C31H56O2. The normalized spacial score (nSPS) is 38.1. The van der Waals surface area contributed by atoms with Crippen LogP contribution in [0.15, 0.2) is 11.6 Å². The van der Waals surface area contributed by atoms with E-state index in [9.17, 15) is 10.2 Å². The summed E-state index contributed by atoms with van der Waals surface area (Å²) in [7, 11) is 0. The minimum atomic E-state index is -0.529. The minimum absolute atomic E-state index is 0.0589. The maximum Gasteiger partial charge on any atom is 0.0628 e. The van der Waals surface area contributed by atoms with Gasteiger partial charge in [-0.25, -0.2) is 0 Å². The molecule has 0 radical (unpaired) electrons.